The third-order valence-electron chi connectivity index (χ3n) is 3.31. The summed E-state index contributed by atoms with van der Waals surface area (Å²) in [6, 6.07) is 4.79. The van der Waals surface area contributed by atoms with E-state index in [1.165, 1.54) is 0 Å². The number of benzene rings is 1. The van der Waals surface area contributed by atoms with Crippen LogP contribution in [0.15, 0.2) is 18.2 Å². The van der Waals surface area contributed by atoms with E-state index in [0.29, 0.717) is 29.2 Å². The number of carbonyl (C=O) groups excluding carboxylic acids is 1. The first-order valence-corrected chi connectivity index (χ1v) is 8.92. The summed E-state index contributed by atoms with van der Waals surface area (Å²) in [5.41, 5.74) is 6.58. The van der Waals surface area contributed by atoms with Gasteiger partial charge in [-0.15, -0.1) is 0 Å². The Labute approximate surface area is 130 Å². The molecule has 0 radical (unpaired) electrons. The van der Waals surface area contributed by atoms with Crippen molar-refractivity contribution in [2.75, 3.05) is 16.8 Å². The second-order valence-electron chi connectivity index (χ2n) is 4.97. The van der Waals surface area contributed by atoms with Gasteiger partial charge in [0.15, 0.2) is 9.84 Å². The average Bonchev–Trinajstić information content (AvgIpc) is 2.41. The molecule has 0 fully saturated rings. The predicted molar refractivity (Wildman–Crippen MR) is 87.3 cm³/mol. The molecule has 21 heavy (non-hydrogen) atoms. The molecule has 0 heterocycles. The quantitative estimate of drug-likeness (QED) is 0.751. The SMILES string of the molecule is CCC(C)S(=O)(=O)CCCC(=O)Nc1cc(Cl)ccc1N. The van der Waals surface area contributed by atoms with Crippen LogP contribution in [-0.2, 0) is 14.6 Å². The molecule has 1 amide bonds. The molecule has 0 aliphatic rings. The minimum atomic E-state index is -3.12. The molecule has 0 aliphatic carbocycles. The Morgan fingerprint density at radius 1 is 1.43 bits per heavy atom. The Morgan fingerprint density at radius 2 is 2.10 bits per heavy atom. The molecule has 5 nitrogen and oxygen atoms in total. The van der Waals surface area contributed by atoms with Crippen molar-refractivity contribution in [3.8, 4) is 0 Å². The number of nitrogen functional groups attached to an aromatic ring is 1. The van der Waals surface area contributed by atoms with Crippen molar-refractivity contribution in [3.63, 3.8) is 0 Å². The second kappa shape index (κ2) is 7.66. The summed E-state index contributed by atoms with van der Waals surface area (Å²) in [6.45, 7) is 3.51. The number of sulfone groups is 1. The molecule has 0 spiro atoms. The molecule has 3 N–H and O–H groups in total. The monoisotopic (exact) mass is 332 g/mol. The number of carbonyl (C=O) groups is 1. The summed E-state index contributed by atoms with van der Waals surface area (Å²) in [7, 11) is -3.12. The second-order valence-corrected chi connectivity index (χ2v) is 7.94. The number of amides is 1. The Balaban J connectivity index is 2.50. The Morgan fingerprint density at radius 3 is 2.71 bits per heavy atom. The van der Waals surface area contributed by atoms with Crippen LogP contribution >= 0.6 is 11.6 Å². The zero-order valence-corrected chi connectivity index (χ0v) is 13.8. The molecular formula is C14H21ClN2O3S. The van der Waals surface area contributed by atoms with Crippen molar-refractivity contribution < 1.29 is 13.2 Å². The van der Waals surface area contributed by atoms with E-state index in [1.807, 2.05) is 6.92 Å². The van der Waals surface area contributed by atoms with Gasteiger partial charge in [-0.05, 0) is 38.0 Å². The van der Waals surface area contributed by atoms with Crippen LogP contribution in [-0.4, -0.2) is 25.3 Å². The topological polar surface area (TPSA) is 89.3 Å². The van der Waals surface area contributed by atoms with Crippen LogP contribution in [0.1, 0.15) is 33.1 Å². The standard InChI is InChI=1S/C14H21ClN2O3S/c1-3-10(2)21(19,20)8-4-5-14(18)17-13-9-11(15)6-7-12(13)16/h6-7,9-10H,3-5,8,16H2,1-2H3,(H,17,18). The molecule has 0 bridgehead atoms. The molecule has 1 atom stereocenters. The van der Waals surface area contributed by atoms with Gasteiger partial charge in [0.05, 0.1) is 22.4 Å². The fourth-order valence-corrected chi connectivity index (χ4v) is 3.37. The van der Waals surface area contributed by atoms with E-state index in [4.69, 9.17) is 17.3 Å². The molecular weight excluding hydrogens is 312 g/mol. The number of halogens is 1. The van der Waals surface area contributed by atoms with Gasteiger partial charge in [-0.2, -0.15) is 0 Å². The maximum absolute atomic E-state index is 11.8. The lowest BCUT2D eigenvalue weighted by molar-refractivity contribution is -0.116. The van der Waals surface area contributed by atoms with E-state index < -0.39 is 9.84 Å². The smallest absolute Gasteiger partial charge is 0.224 e. The number of anilines is 2. The Hall–Kier alpha value is -1.27. The van der Waals surface area contributed by atoms with E-state index in [1.54, 1.807) is 25.1 Å². The molecule has 0 aromatic heterocycles. The Bertz CT molecular complexity index is 602. The van der Waals surface area contributed by atoms with Crippen molar-refractivity contribution in [1.82, 2.24) is 0 Å². The number of rotatable bonds is 7. The molecule has 7 heteroatoms. The van der Waals surface area contributed by atoms with E-state index >= 15 is 0 Å². The number of hydrogen-bond acceptors (Lipinski definition) is 4. The summed E-state index contributed by atoms with van der Waals surface area (Å²) >= 11 is 5.83. The average molecular weight is 333 g/mol. The lowest BCUT2D eigenvalue weighted by Gasteiger charge is -2.11. The van der Waals surface area contributed by atoms with Gasteiger partial charge in [0.1, 0.15) is 0 Å². The van der Waals surface area contributed by atoms with Gasteiger partial charge < -0.3 is 11.1 Å². The Kier molecular flexibility index (Phi) is 6.48. The predicted octanol–water partition coefficient (Wildman–Crippen LogP) is 2.85. The van der Waals surface area contributed by atoms with Gasteiger partial charge >= 0.3 is 0 Å². The van der Waals surface area contributed by atoms with Crippen LogP contribution in [0.2, 0.25) is 5.02 Å². The van der Waals surface area contributed by atoms with Crippen molar-refractivity contribution in [1.29, 1.82) is 0 Å². The number of hydrogen-bond donors (Lipinski definition) is 2. The molecule has 1 aromatic carbocycles. The maximum atomic E-state index is 11.8. The van der Waals surface area contributed by atoms with Gasteiger partial charge in [-0.1, -0.05) is 18.5 Å². The van der Waals surface area contributed by atoms with Gasteiger partial charge in [-0.25, -0.2) is 8.42 Å². The molecule has 0 saturated carbocycles. The van der Waals surface area contributed by atoms with Crippen LogP contribution < -0.4 is 11.1 Å². The lowest BCUT2D eigenvalue weighted by Crippen LogP contribution is -2.21. The van der Waals surface area contributed by atoms with Gasteiger partial charge in [0.2, 0.25) is 5.91 Å². The van der Waals surface area contributed by atoms with Gasteiger partial charge in [0.25, 0.3) is 0 Å². The highest BCUT2D eigenvalue weighted by Crippen LogP contribution is 2.23. The zero-order valence-electron chi connectivity index (χ0n) is 12.2. The third kappa shape index (κ3) is 5.55. The minimum Gasteiger partial charge on any atom is -0.397 e. The fraction of sp³-hybridized carbons (Fsp3) is 0.500. The number of nitrogens with two attached hydrogens (primary N) is 1. The highest BCUT2D eigenvalue weighted by Gasteiger charge is 2.19. The summed E-state index contributed by atoms with van der Waals surface area (Å²) in [5, 5.41) is 2.74. The molecule has 1 unspecified atom stereocenters. The van der Waals surface area contributed by atoms with Crippen LogP contribution in [0.25, 0.3) is 0 Å². The summed E-state index contributed by atoms with van der Waals surface area (Å²) in [6.07, 6.45) is 0.994. The maximum Gasteiger partial charge on any atom is 0.224 e. The summed E-state index contributed by atoms with van der Waals surface area (Å²) in [4.78, 5) is 11.8. The van der Waals surface area contributed by atoms with Crippen molar-refractivity contribution >= 4 is 38.7 Å². The third-order valence-corrected chi connectivity index (χ3v) is 5.96. The van der Waals surface area contributed by atoms with Crippen LogP contribution in [0.3, 0.4) is 0 Å². The largest absolute Gasteiger partial charge is 0.397 e. The van der Waals surface area contributed by atoms with E-state index in [0.717, 1.165) is 0 Å². The molecule has 1 rings (SSSR count). The molecule has 0 saturated heterocycles. The van der Waals surface area contributed by atoms with Crippen molar-refractivity contribution in [2.24, 2.45) is 0 Å². The highest BCUT2D eigenvalue weighted by molar-refractivity contribution is 7.91. The fourth-order valence-electron chi connectivity index (χ4n) is 1.74. The van der Waals surface area contributed by atoms with E-state index in [-0.39, 0.29) is 23.3 Å². The lowest BCUT2D eigenvalue weighted by atomic mass is 10.2. The van der Waals surface area contributed by atoms with Crippen LogP contribution in [0.4, 0.5) is 11.4 Å². The van der Waals surface area contributed by atoms with Crippen molar-refractivity contribution in [2.45, 2.75) is 38.4 Å². The zero-order chi connectivity index (χ0) is 16.0. The first kappa shape index (κ1) is 17.8. The minimum absolute atomic E-state index is 0.0143. The van der Waals surface area contributed by atoms with Crippen LogP contribution in [0.5, 0.6) is 0 Å². The van der Waals surface area contributed by atoms with Gasteiger partial charge in [0, 0.05) is 11.4 Å². The van der Waals surface area contributed by atoms with Crippen molar-refractivity contribution in [3.05, 3.63) is 23.2 Å². The first-order valence-electron chi connectivity index (χ1n) is 6.82. The molecule has 118 valence electrons. The highest BCUT2D eigenvalue weighted by atomic mass is 35.5. The van der Waals surface area contributed by atoms with E-state index in [9.17, 15) is 13.2 Å². The number of nitrogens with one attached hydrogen (secondary N) is 1. The first-order chi connectivity index (χ1) is 9.76. The normalized spacial score (nSPS) is 12.9. The van der Waals surface area contributed by atoms with E-state index in [2.05, 4.69) is 5.32 Å². The summed E-state index contributed by atoms with van der Waals surface area (Å²) < 4.78 is 23.7. The molecule has 0 aliphatic heterocycles. The van der Waals surface area contributed by atoms with Gasteiger partial charge in [-0.3, -0.25) is 4.79 Å². The van der Waals surface area contributed by atoms with Crippen LogP contribution in [0, 0.1) is 0 Å². The molecule has 1 aromatic rings. The summed E-state index contributed by atoms with van der Waals surface area (Å²) in [5.74, 6) is -0.260.